The van der Waals surface area contributed by atoms with Crippen LogP contribution < -0.4 is 10.6 Å². The zero-order valence-corrected chi connectivity index (χ0v) is 18.5. The second kappa shape index (κ2) is 10.9. The van der Waals surface area contributed by atoms with Gasteiger partial charge in [0.1, 0.15) is 0 Å². The first kappa shape index (κ1) is 22.0. The number of nitrogens with one attached hydrogen (secondary N) is 2. The van der Waals surface area contributed by atoms with Crippen LogP contribution >= 0.6 is 34.4 Å². The number of esters is 1. The van der Waals surface area contributed by atoms with Crippen LogP contribution in [0, 0.1) is 0 Å². The largest absolute Gasteiger partial charge is 0.466 e. The molecule has 0 aliphatic rings. The lowest BCUT2D eigenvalue weighted by atomic mass is 10.3. The van der Waals surface area contributed by atoms with Gasteiger partial charge in [-0.05, 0) is 36.6 Å². The highest BCUT2D eigenvalue weighted by atomic mass is 32.2. The Hall–Kier alpha value is -2.69. The second-order valence-electron chi connectivity index (χ2n) is 5.92. The summed E-state index contributed by atoms with van der Waals surface area (Å²) in [5.41, 5.74) is 1.23. The Labute approximate surface area is 185 Å². The maximum absolute atomic E-state index is 12.2. The Bertz CT molecular complexity index is 1020. The summed E-state index contributed by atoms with van der Waals surface area (Å²) in [5.74, 6) is -0.519. The van der Waals surface area contributed by atoms with Crippen molar-refractivity contribution in [3.05, 3.63) is 57.7 Å². The summed E-state index contributed by atoms with van der Waals surface area (Å²) in [6.45, 7) is 2.07. The number of thiazole rings is 1. The highest BCUT2D eigenvalue weighted by Crippen LogP contribution is 2.23. The quantitative estimate of drug-likeness (QED) is 0.364. The predicted octanol–water partition coefficient (Wildman–Crippen LogP) is 4.29. The summed E-state index contributed by atoms with van der Waals surface area (Å²) < 4.78 is 4.89. The average molecular weight is 462 g/mol. The van der Waals surface area contributed by atoms with Gasteiger partial charge >= 0.3 is 5.97 Å². The summed E-state index contributed by atoms with van der Waals surface area (Å²) in [6.07, 6.45) is 0.0823. The Morgan fingerprint density at radius 2 is 2.00 bits per heavy atom. The van der Waals surface area contributed by atoms with Crippen LogP contribution in [0.1, 0.15) is 22.3 Å². The molecule has 10 heteroatoms. The molecule has 0 unspecified atom stereocenters. The van der Waals surface area contributed by atoms with Crippen molar-refractivity contribution >= 4 is 63.0 Å². The van der Waals surface area contributed by atoms with Crippen molar-refractivity contribution in [1.82, 2.24) is 4.98 Å². The van der Waals surface area contributed by atoms with Crippen LogP contribution in [0.4, 0.5) is 10.8 Å². The minimum absolute atomic E-state index is 0.0823. The van der Waals surface area contributed by atoms with Gasteiger partial charge in [0.25, 0.3) is 5.91 Å². The van der Waals surface area contributed by atoms with E-state index in [-0.39, 0.29) is 30.0 Å². The molecule has 156 valence electrons. The van der Waals surface area contributed by atoms with Crippen molar-refractivity contribution in [2.75, 3.05) is 23.0 Å². The molecule has 3 rings (SSSR count). The normalized spacial score (nSPS) is 10.4. The molecule has 0 atom stereocenters. The molecule has 0 fully saturated rings. The van der Waals surface area contributed by atoms with Crippen LogP contribution in [-0.2, 0) is 20.7 Å². The summed E-state index contributed by atoms with van der Waals surface area (Å²) in [5, 5.41) is 9.59. The number of rotatable bonds is 9. The molecule has 0 aliphatic heterocycles. The van der Waals surface area contributed by atoms with Crippen molar-refractivity contribution < 1.29 is 19.1 Å². The number of hydrogen-bond donors (Lipinski definition) is 2. The van der Waals surface area contributed by atoms with Crippen molar-refractivity contribution in [2.24, 2.45) is 0 Å². The van der Waals surface area contributed by atoms with E-state index in [0.717, 1.165) is 4.90 Å². The number of benzene rings is 1. The summed E-state index contributed by atoms with van der Waals surface area (Å²) in [7, 11) is 0. The van der Waals surface area contributed by atoms with Crippen LogP contribution in [0.15, 0.2) is 52.1 Å². The molecule has 0 radical (unpaired) electrons. The van der Waals surface area contributed by atoms with Crippen molar-refractivity contribution in [2.45, 2.75) is 18.2 Å². The van der Waals surface area contributed by atoms with Crippen LogP contribution in [0.25, 0.3) is 0 Å². The van der Waals surface area contributed by atoms with E-state index >= 15 is 0 Å². The Morgan fingerprint density at radius 3 is 2.77 bits per heavy atom. The number of thiophene rings is 1. The van der Waals surface area contributed by atoms with E-state index in [0.29, 0.717) is 28.0 Å². The first-order valence-corrected chi connectivity index (χ1v) is 11.8. The van der Waals surface area contributed by atoms with Gasteiger partial charge in [-0.1, -0.05) is 12.1 Å². The van der Waals surface area contributed by atoms with Crippen molar-refractivity contribution in [1.29, 1.82) is 0 Å². The minimum Gasteiger partial charge on any atom is -0.466 e. The molecule has 2 amide bonds. The third-order valence-corrected chi connectivity index (χ3v) is 6.30. The lowest BCUT2D eigenvalue weighted by Gasteiger charge is -2.06. The fraction of sp³-hybridized carbons (Fsp3) is 0.200. The van der Waals surface area contributed by atoms with E-state index in [1.54, 1.807) is 24.4 Å². The van der Waals surface area contributed by atoms with Crippen molar-refractivity contribution in [3.63, 3.8) is 0 Å². The molecule has 1 aromatic carbocycles. The number of aromatic nitrogens is 1. The average Bonchev–Trinajstić information content (AvgIpc) is 3.39. The SMILES string of the molecule is CCOC(=O)Cc1csc(NC(=O)CSc2cccc(NC(=O)c3cccs3)c2)n1. The highest BCUT2D eigenvalue weighted by molar-refractivity contribution is 8.00. The van der Waals surface area contributed by atoms with Gasteiger partial charge in [0.05, 0.1) is 29.4 Å². The number of nitrogens with zero attached hydrogens (tertiary/aromatic N) is 1. The fourth-order valence-corrected chi connectivity index (χ4v) is 4.47. The lowest BCUT2D eigenvalue weighted by molar-refractivity contribution is -0.142. The monoisotopic (exact) mass is 461 g/mol. The van der Waals surface area contributed by atoms with Gasteiger partial charge in [0, 0.05) is 16.0 Å². The summed E-state index contributed by atoms with van der Waals surface area (Å²) >= 11 is 3.99. The van der Waals surface area contributed by atoms with E-state index < -0.39 is 0 Å². The molecule has 30 heavy (non-hydrogen) atoms. The van der Waals surface area contributed by atoms with E-state index in [1.807, 2.05) is 29.6 Å². The first-order chi connectivity index (χ1) is 14.5. The number of anilines is 2. The molecular formula is C20H19N3O4S3. The smallest absolute Gasteiger partial charge is 0.311 e. The van der Waals surface area contributed by atoms with E-state index in [2.05, 4.69) is 15.6 Å². The molecule has 0 aliphatic carbocycles. The Kier molecular flexibility index (Phi) is 8.00. The molecule has 2 N–H and O–H groups in total. The molecule has 2 aromatic heterocycles. The number of carbonyl (C=O) groups is 3. The van der Waals surface area contributed by atoms with Crippen LogP contribution in [-0.4, -0.2) is 35.1 Å². The molecule has 7 nitrogen and oxygen atoms in total. The van der Waals surface area contributed by atoms with E-state index in [9.17, 15) is 14.4 Å². The maximum Gasteiger partial charge on any atom is 0.311 e. The topological polar surface area (TPSA) is 97.4 Å². The predicted molar refractivity (Wildman–Crippen MR) is 121 cm³/mol. The van der Waals surface area contributed by atoms with Gasteiger partial charge in [-0.15, -0.1) is 34.4 Å². The van der Waals surface area contributed by atoms with Gasteiger partial charge in [-0.25, -0.2) is 4.98 Å². The van der Waals surface area contributed by atoms with Crippen LogP contribution in [0.5, 0.6) is 0 Å². The number of ether oxygens (including phenoxy) is 1. The number of carbonyl (C=O) groups excluding carboxylic acids is 3. The van der Waals surface area contributed by atoms with Crippen LogP contribution in [0.3, 0.4) is 0 Å². The molecule has 2 heterocycles. The number of hydrogen-bond acceptors (Lipinski definition) is 8. The molecule has 0 saturated heterocycles. The number of thioether (sulfide) groups is 1. The van der Waals surface area contributed by atoms with E-state index in [1.165, 1.54) is 34.4 Å². The van der Waals surface area contributed by atoms with Gasteiger partial charge in [-0.2, -0.15) is 0 Å². The zero-order valence-electron chi connectivity index (χ0n) is 16.0. The number of amides is 2. The van der Waals surface area contributed by atoms with Gasteiger partial charge in [0.15, 0.2) is 5.13 Å². The lowest BCUT2D eigenvalue weighted by Crippen LogP contribution is -2.14. The Morgan fingerprint density at radius 1 is 1.13 bits per heavy atom. The summed E-state index contributed by atoms with van der Waals surface area (Å²) in [6, 6.07) is 10.9. The molecular weight excluding hydrogens is 442 g/mol. The summed E-state index contributed by atoms with van der Waals surface area (Å²) in [4.78, 5) is 41.6. The van der Waals surface area contributed by atoms with Crippen LogP contribution in [0.2, 0.25) is 0 Å². The van der Waals surface area contributed by atoms with Gasteiger partial charge < -0.3 is 15.4 Å². The first-order valence-electron chi connectivity index (χ1n) is 9.01. The van der Waals surface area contributed by atoms with E-state index in [4.69, 9.17) is 4.74 Å². The van der Waals surface area contributed by atoms with Gasteiger partial charge in [0.2, 0.25) is 5.91 Å². The fourth-order valence-electron chi connectivity index (χ4n) is 2.37. The third kappa shape index (κ3) is 6.68. The second-order valence-corrected chi connectivity index (χ2v) is 8.78. The molecule has 0 spiro atoms. The molecule has 0 bridgehead atoms. The molecule has 3 aromatic rings. The third-order valence-electron chi connectivity index (χ3n) is 3.64. The highest BCUT2D eigenvalue weighted by Gasteiger charge is 2.11. The maximum atomic E-state index is 12.2. The Balaban J connectivity index is 1.48. The standard InChI is InChI=1S/C20H19N3O4S3/c1-2-27-18(25)10-14-11-30-20(22-14)23-17(24)12-29-15-6-3-5-13(9-15)21-19(26)16-7-4-8-28-16/h3-9,11H,2,10,12H2,1H3,(H,21,26)(H,22,23,24). The van der Waals surface area contributed by atoms with Gasteiger partial charge in [-0.3, -0.25) is 14.4 Å². The van der Waals surface area contributed by atoms with Crippen molar-refractivity contribution in [3.8, 4) is 0 Å². The molecule has 0 saturated carbocycles. The zero-order chi connectivity index (χ0) is 21.3. The minimum atomic E-state index is -0.345.